The standard InChI is InChI=1S/C9H13N3O3/c10-4-3-8(11)7-5-6(13)1-2-9(7)12(14)15/h1-2,5,8,13H,3-4,10-11H2/t8-/m0/s1. The van der Waals surface area contributed by atoms with Gasteiger partial charge in [-0.3, -0.25) is 10.1 Å². The summed E-state index contributed by atoms with van der Waals surface area (Å²) in [6.07, 6.45) is 0.435. The van der Waals surface area contributed by atoms with Gasteiger partial charge >= 0.3 is 0 Å². The lowest BCUT2D eigenvalue weighted by Gasteiger charge is -2.11. The molecule has 0 aromatic heterocycles. The van der Waals surface area contributed by atoms with E-state index >= 15 is 0 Å². The number of nitrogens with zero attached hydrogens (tertiary/aromatic N) is 1. The summed E-state index contributed by atoms with van der Waals surface area (Å²) in [5, 5.41) is 19.9. The molecule has 0 aliphatic carbocycles. The SMILES string of the molecule is NCC[C@H](N)c1cc(O)ccc1[N+](=O)[O-]. The van der Waals surface area contributed by atoms with Gasteiger partial charge in [0.05, 0.1) is 10.5 Å². The maximum atomic E-state index is 10.7. The Morgan fingerprint density at radius 3 is 2.73 bits per heavy atom. The summed E-state index contributed by atoms with van der Waals surface area (Å²) in [6, 6.07) is 3.28. The molecule has 1 rings (SSSR count). The molecule has 1 aromatic carbocycles. The molecule has 82 valence electrons. The third-order valence-electron chi connectivity index (χ3n) is 2.08. The zero-order chi connectivity index (χ0) is 11.4. The van der Waals surface area contributed by atoms with Gasteiger partial charge in [-0.25, -0.2) is 0 Å². The van der Waals surface area contributed by atoms with Crippen molar-refractivity contribution < 1.29 is 10.0 Å². The fraction of sp³-hybridized carbons (Fsp3) is 0.333. The molecule has 0 amide bonds. The molecule has 1 atom stereocenters. The summed E-state index contributed by atoms with van der Waals surface area (Å²) in [4.78, 5) is 10.2. The molecule has 0 heterocycles. The average Bonchev–Trinajstić information content (AvgIpc) is 2.17. The third kappa shape index (κ3) is 2.64. The zero-order valence-corrected chi connectivity index (χ0v) is 8.09. The molecule has 0 spiro atoms. The van der Waals surface area contributed by atoms with Crippen LogP contribution >= 0.6 is 0 Å². The second kappa shape index (κ2) is 4.72. The summed E-state index contributed by atoms with van der Waals surface area (Å²) < 4.78 is 0. The van der Waals surface area contributed by atoms with Crippen molar-refractivity contribution in [3.63, 3.8) is 0 Å². The first-order chi connectivity index (χ1) is 7.06. The van der Waals surface area contributed by atoms with Gasteiger partial charge in [-0.2, -0.15) is 0 Å². The van der Waals surface area contributed by atoms with Crippen LogP contribution in [0, 0.1) is 10.1 Å². The maximum absolute atomic E-state index is 10.7. The minimum absolute atomic E-state index is 0.0388. The summed E-state index contributed by atoms with van der Waals surface area (Å²) in [5.74, 6) is -0.0388. The monoisotopic (exact) mass is 211 g/mol. The highest BCUT2D eigenvalue weighted by Gasteiger charge is 2.19. The van der Waals surface area contributed by atoms with Crippen LogP contribution in [0.3, 0.4) is 0 Å². The van der Waals surface area contributed by atoms with E-state index in [1.807, 2.05) is 0 Å². The number of nitrogens with two attached hydrogens (primary N) is 2. The molecule has 0 fully saturated rings. The average molecular weight is 211 g/mol. The third-order valence-corrected chi connectivity index (χ3v) is 2.08. The molecular weight excluding hydrogens is 198 g/mol. The molecule has 0 saturated heterocycles. The Bertz CT molecular complexity index is 368. The quantitative estimate of drug-likeness (QED) is 0.499. The van der Waals surface area contributed by atoms with Crippen LogP contribution in [0.2, 0.25) is 0 Å². The number of aromatic hydroxyl groups is 1. The first-order valence-corrected chi connectivity index (χ1v) is 4.49. The second-order valence-corrected chi connectivity index (χ2v) is 3.18. The van der Waals surface area contributed by atoms with E-state index in [1.54, 1.807) is 0 Å². The van der Waals surface area contributed by atoms with Crippen molar-refractivity contribution in [2.75, 3.05) is 6.54 Å². The number of nitro benzene ring substituents is 1. The van der Waals surface area contributed by atoms with Crippen molar-refractivity contribution >= 4 is 5.69 Å². The van der Waals surface area contributed by atoms with Crippen LogP contribution < -0.4 is 11.5 Å². The lowest BCUT2D eigenvalue weighted by Crippen LogP contribution is -2.16. The number of hydrogen-bond acceptors (Lipinski definition) is 5. The number of phenolic OH excluding ortho intramolecular Hbond substituents is 1. The van der Waals surface area contributed by atoms with E-state index in [4.69, 9.17) is 11.5 Å². The van der Waals surface area contributed by atoms with E-state index < -0.39 is 11.0 Å². The number of phenols is 1. The van der Waals surface area contributed by atoms with Crippen molar-refractivity contribution in [1.29, 1.82) is 0 Å². The second-order valence-electron chi connectivity index (χ2n) is 3.18. The number of rotatable bonds is 4. The minimum Gasteiger partial charge on any atom is -0.508 e. The molecular formula is C9H13N3O3. The number of benzene rings is 1. The van der Waals surface area contributed by atoms with Crippen LogP contribution in [0.5, 0.6) is 5.75 Å². The molecule has 6 nitrogen and oxygen atoms in total. The Morgan fingerprint density at radius 2 is 2.20 bits per heavy atom. The Balaban J connectivity index is 3.12. The topological polar surface area (TPSA) is 115 Å². The van der Waals surface area contributed by atoms with Gasteiger partial charge in [0.25, 0.3) is 5.69 Å². The lowest BCUT2D eigenvalue weighted by molar-refractivity contribution is -0.385. The maximum Gasteiger partial charge on any atom is 0.274 e. The Kier molecular flexibility index (Phi) is 3.59. The molecule has 1 aromatic rings. The highest BCUT2D eigenvalue weighted by Crippen LogP contribution is 2.28. The normalized spacial score (nSPS) is 12.4. The van der Waals surface area contributed by atoms with E-state index in [9.17, 15) is 15.2 Å². The molecule has 0 aliphatic rings. The van der Waals surface area contributed by atoms with Crippen molar-refractivity contribution in [3.05, 3.63) is 33.9 Å². The zero-order valence-electron chi connectivity index (χ0n) is 8.09. The summed E-state index contributed by atoms with van der Waals surface area (Å²) in [7, 11) is 0. The molecule has 0 bridgehead atoms. The summed E-state index contributed by atoms with van der Waals surface area (Å²) in [5.41, 5.74) is 11.3. The van der Waals surface area contributed by atoms with Gasteiger partial charge in [0.15, 0.2) is 0 Å². The molecule has 0 saturated carbocycles. The van der Waals surface area contributed by atoms with E-state index in [2.05, 4.69) is 0 Å². The smallest absolute Gasteiger partial charge is 0.274 e. The minimum atomic E-state index is -0.525. The van der Waals surface area contributed by atoms with Gasteiger partial charge in [0, 0.05) is 12.1 Å². The van der Waals surface area contributed by atoms with Crippen LogP contribution in [0.1, 0.15) is 18.0 Å². The number of nitro groups is 1. The highest BCUT2D eigenvalue weighted by molar-refractivity contribution is 5.46. The van der Waals surface area contributed by atoms with Crippen LogP contribution in [0.15, 0.2) is 18.2 Å². The van der Waals surface area contributed by atoms with E-state index in [-0.39, 0.29) is 11.4 Å². The van der Waals surface area contributed by atoms with E-state index in [1.165, 1.54) is 18.2 Å². The number of hydrogen-bond donors (Lipinski definition) is 3. The summed E-state index contributed by atoms with van der Waals surface area (Å²) in [6.45, 7) is 0.341. The molecule has 6 heteroatoms. The van der Waals surface area contributed by atoms with Gasteiger partial charge in [-0.15, -0.1) is 0 Å². The van der Waals surface area contributed by atoms with Crippen LogP contribution in [-0.2, 0) is 0 Å². The van der Waals surface area contributed by atoms with Gasteiger partial charge < -0.3 is 16.6 Å². The van der Waals surface area contributed by atoms with Crippen LogP contribution in [-0.4, -0.2) is 16.6 Å². The first-order valence-electron chi connectivity index (χ1n) is 4.49. The van der Waals surface area contributed by atoms with E-state index in [0.29, 0.717) is 18.5 Å². The van der Waals surface area contributed by atoms with Gasteiger partial charge in [0.2, 0.25) is 0 Å². The molecule has 0 radical (unpaired) electrons. The van der Waals surface area contributed by atoms with E-state index in [0.717, 1.165) is 0 Å². The van der Waals surface area contributed by atoms with Gasteiger partial charge in [-0.05, 0) is 25.1 Å². The highest BCUT2D eigenvalue weighted by atomic mass is 16.6. The Morgan fingerprint density at radius 1 is 1.53 bits per heavy atom. The van der Waals surface area contributed by atoms with Gasteiger partial charge in [0.1, 0.15) is 5.75 Å². The molecule has 0 unspecified atom stereocenters. The van der Waals surface area contributed by atoms with Crippen molar-refractivity contribution in [2.45, 2.75) is 12.5 Å². The summed E-state index contributed by atoms with van der Waals surface area (Å²) >= 11 is 0. The van der Waals surface area contributed by atoms with Gasteiger partial charge in [-0.1, -0.05) is 0 Å². The molecule has 15 heavy (non-hydrogen) atoms. The Labute approximate surface area is 86.7 Å². The van der Waals surface area contributed by atoms with Crippen LogP contribution in [0.25, 0.3) is 0 Å². The molecule has 0 aliphatic heterocycles. The predicted molar refractivity (Wildman–Crippen MR) is 55.4 cm³/mol. The lowest BCUT2D eigenvalue weighted by atomic mass is 10.0. The van der Waals surface area contributed by atoms with Crippen molar-refractivity contribution in [1.82, 2.24) is 0 Å². The molecule has 5 N–H and O–H groups in total. The largest absolute Gasteiger partial charge is 0.508 e. The Hall–Kier alpha value is -1.66. The van der Waals surface area contributed by atoms with Crippen molar-refractivity contribution in [3.8, 4) is 5.75 Å². The fourth-order valence-electron chi connectivity index (χ4n) is 1.34. The predicted octanol–water partition coefficient (Wildman–Crippen LogP) is 0.649. The van der Waals surface area contributed by atoms with Crippen LogP contribution in [0.4, 0.5) is 5.69 Å². The fourth-order valence-corrected chi connectivity index (χ4v) is 1.34. The van der Waals surface area contributed by atoms with Crippen molar-refractivity contribution in [2.24, 2.45) is 11.5 Å². The first kappa shape index (κ1) is 11.4.